The SMILES string of the molecule is Cc1ccc(-c2cc(C(=O)Nc3ccc(Cl)cc3)nn2[C@H]2CCS(=O)(=O)C2)cc1. The Kier molecular flexibility index (Phi) is 5.19. The normalized spacial score (nSPS) is 17.9. The summed E-state index contributed by atoms with van der Waals surface area (Å²) in [5.74, 6) is -0.191. The predicted octanol–water partition coefficient (Wildman–Crippen LogP) is 4.12. The van der Waals surface area contributed by atoms with Crippen molar-refractivity contribution in [3.8, 4) is 11.3 Å². The quantitative estimate of drug-likeness (QED) is 0.676. The van der Waals surface area contributed by atoms with Crippen molar-refractivity contribution < 1.29 is 13.2 Å². The molecule has 1 saturated heterocycles. The van der Waals surface area contributed by atoms with E-state index in [1.54, 1.807) is 35.0 Å². The van der Waals surface area contributed by atoms with Crippen molar-refractivity contribution in [3.05, 3.63) is 70.9 Å². The molecule has 0 spiro atoms. The number of nitrogens with one attached hydrogen (secondary N) is 1. The second-order valence-electron chi connectivity index (χ2n) is 7.24. The lowest BCUT2D eigenvalue weighted by molar-refractivity contribution is 0.102. The highest BCUT2D eigenvalue weighted by molar-refractivity contribution is 7.91. The van der Waals surface area contributed by atoms with E-state index in [4.69, 9.17) is 11.6 Å². The van der Waals surface area contributed by atoms with Crippen molar-refractivity contribution in [2.75, 3.05) is 16.8 Å². The van der Waals surface area contributed by atoms with Crippen LogP contribution in [0.5, 0.6) is 0 Å². The fraction of sp³-hybridized carbons (Fsp3) is 0.238. The van der Waals surface area contributed by atoms with E-state index in [1.807, 2.05) is 31.2 Å². The Labute approximate surface area is 174 Å². The Hall–Kier alpha value is -2.64. The second kappa shape index (κ2) is 7.65. The van der Waals surface area contributed by atoms with Gasteiger partial charge in [-0.15, -0.1) is 0 Å². The summed E-state index contributed by atoms with van der Waals surface area (Å²) in [7, 11) is -3.09. The molecule has 3 aromatic rings. The van der Waals surface area contributed by atoms with E-state index < -0.39 is 9.84 Å². The average molecular weight is 430 g/mol. The van der Waals surface area contributed by atoms with Crippen LogP contribution in [0.3, 0.4) is 0 Å². The second-order valence-corrected chi connectivity index (χ2v) is 9.91. The zero-order valence-electron chi connectivity index (χ0n) is 15.8. The third kappa shape index (κ3) is 4.36. The van der Waals surface area contributed by atoms with Gasteiger partial charge >= 0.3 is 0 Å². The molecule has 0 aliphatic carbocycles. The van der Waals surface area contributed by atoms with Gasteiger partial charge in [-0.05, 0) is 49.2 Å². The zero-order chi connectivity index (χ0) is 20.6. The number of hydrogen-bond donors (Lipinski definition) is 1. The minimum absolute atomic E-state index is 0.0335. The molecule has 1 fully saturated rings. The number of carbonyl (C=O) groups is 1. The lowest BCUT2D eigenvalue weighted by Gasteiger charge is -2.13. The number of sulfone groups is 1. The van der Waals surface area contributed by atoms with Crippen LogP contribution in [0.4, 0.5) is 5.69 Å². The number of nitrogens with zero attached hydrogens (tertiary/aromatic N) is 2. The molecule has 1 aliphatic heterocycles. The molecule has 1 atom stereocenters. The van der Waals surface area contributed by atoms with E-state index in [2.05, 4.69) is 10.4 Å². The summed E-state index contributed by atoms with van der Waals surface area (Å²) in [6.45, 7) is 2.00. The summed E-state index contributed by atoms with van der Waals surface area (Å²) >= 11 is 5.89. The zero-order valence-corrected chi connectivity index (χ0v) is 17.4. The number of amides is 1. The molecule has 1 N–H and O–H groups in total. The largest absolute Gasteiger partial charge is 0.321 e. The molecule has 29 heavy (non-hydrogen) atoms. The molecule has 0 radical (unpaired) electrons. The highest BCUT2D eigenvalue weighted by Crippen LogP contribution is 2.30. The van der Waals surface area contributed by atoms with Crippen LogP contribution in [0.15, 0.2) is 54.6 Å². The summed E-state index contributed by atoms with van der Waals surface area (Å²) in [6, 6.07) is 16.1. The Morgan fingerprint density at radius 2 is 1.83 bits per heavy atom. The number of rotatable bonds is 4. The fourth-order valence-corrected chi connectivity index (χ4v) is 5.24. The molecular formula is C21H20ClN3O3S. The lowest BCUT2D eigenvalue weighted by Crippen LogP contribution is -2.16. The predicted molar refractivity (Wildman–Crippen MR) is 114 cm³/mol. The molecule has 0 saturated carbocycles. The van der Waals surface area contributed by atoms with Crippen molar-refractivity contribution in [2.24, 2.45) is 0 Å². The van der Waals surface area contributed by atoms with Gasteiger partial charge < -0.3 is 5.32 Å². The van der Waals surface area contributed by atoms with Gasteiger partial charge in [-0.25, -0.2) is 8.42 Å². The fourth-order valence-electron chi connectivity index (χ4n) is 3.42. The van der Waals surface area contributed by atoms with Crippen molar-refractivity contribution in [1.29, 1.82) is 0 Å². The van der Waals surface area contributed by atoms with Gasteiger partial charge in [0.15, 0.2) is 15.5 Å². The Bertz CT molecular complexity index is 1150. The van der Waals surface area contributed by atoms with Gasteiger partial charge in [0.2, 0.25) is 0 Å². The standard InChI is InChI=1S/C21H20ClN3O3S/c1-14-2-4-15(5-3-14)20-12-19(21(26)23-17-8-6-16(22)7-9-17)24-25(20)18-10-11-29(27,28)13-18/h2-9,12,18H,10-11,13H2,1H3,(H,23,26)/t18-/m0/s1. The number of halogens is 1. The maximum Gasteiger partial charge on any atom is 0.276 e. The minimum Gasteiger partial charge on any atom is -0.321 e. The third-order valence-electron chi connectivity index (χ3n) is 4.97. The number of anilines is 1. The molecule has 1 aromatic heterocycles. The Morgan fingerprint density at radius 1 is 1.14 bits per heavy atom. The monoisotopic (exact) mass is 429 g/mol. The summed E-state index contributed by atoms with van der Waals surface area (Å²) in [6.07, 6.45) is 0.487. The molecule has 2 aromatic carbocycles. The third-order valence-corrected chi connectivity index (χ3v) is 6.97. The lowest BCUT2D eigenvalue weighted by atomic mass is 10.1. The number of carbonyl (C=O) groups excluding carboxylic acids is 1. The molecule has 0 bridgehead atoms. The Balaban J connectivity index is 1.69. The van der Waals surface area contributed by atoms with Gasteiger partial charge in [0.05, 0.1) is 23.2 Å². The highest BCUT2D eigenvalue weighted by Gasteiger charge is 2.32. The van der Waals surface area contributed by atoms with Crippen LogP contribution >= 0.6 is 11.6 Å². The first-order chi connectivity index (χ1) is 13.8. The van der Waals surface area contributed by atoms with Gasteiger partial charge in [0.25, 0.3) is 5.91 Å². The number of benzene rings is 2. The topological polar surface area (TPSA) is 81.1 Å². The van der Waals surface area contributed by atoms with Crippen LogP contribution in [0, 0.1) is 6.92 Å². The average Bonchev–Trinajstić information content (AvgIpc) is 3.28. The van der Waals surface area contributed by atoms with Crippen LogP contribution in [-0.4, -0.2) is 35.6 Å². The Morgan fingerprint density at radius 3 is 2.45 bits per heavy atom. The molecule has 1 amide bonds. The first-order valence-corrected chi connectivity index (χ1v) is 11.4. The van der Waals surface area contributed by atoms with Crippen molar-refractivity contribution in [2.45, 2.75) is 19.4 Å². The van der Waals surface area contributed by atoms with E-state index in [0.717, 1.165) is 16.8 Å². The molecular weight excluding hydrogens is 410 g/mol. The van der Waals surface area contributed by atoms with Gasteiger partial charge in [-0.3, -0.25) is 9.48 Å². The van der Waals surface area contributed by atoms with Gasteiger partial charge in [0, 0.05) is 10.7 Å². The molecule has 150 valence electrons. The number of aryl methyl sites for hydroxylation is 1. The van der Waals surface area contributed by atoms with Crippen molar-refractivity contribution in [3.63, 3.8) is 0 Å². The van der Waals surface area contributed by atoms with Gasteiger partial charge in [-0.2, -0.15) is 5.10 Å². The maximum atomic E-state index is 12.8. The van der Waals surface area contributed by atoms with E-state index in [1.165, 1.54) is 0 Å². The van der Waals surface area contributed by atoms with E-state index in [9.17, 15) is 13.2 Å². The van der Waals surface area contributed by atoms with Crippen molar-refractivity contribution >= 4 is 33.0 Å². The summed E-state index contributed by atoms with van der Waals surface area (Å²) in [5, 5.41) is 7.87. The van der Waals surface area contributed by atoms with Crippen LogP contribution in [0.25, 0.3) is 11.3 Å². The van der Waals surface area contributed by atoms with Crippen LogP contribution in [0.2, 0.25) is 5.02 Å². The van der Waals surface area contributed by atoms with E-state index >= 15 is 0 Å². The molecule has 6 nitrogen and oxygen atoms in total. The van der Waals surface area contributed by atoms with Crippen molar-refractivity contribution in [1.82, 2.24) is 9.78 Å². The molecule has 1 aliphatic rings. The summed E-state index contributed by atoms with van der Waals surface area (Å²) in [4.78, 5) is 12.8. The van der Waals surface area contributed by atoms with E-state index in [0.29, 0.717) is 17.1 Å². The minimum atomic E-state index is -3.09. The first-order valence-electron chi connectivity index (χ1n) is 9.25. The molecule has 2 heterocycles. The maximum absolute atomic E-state index is 12.8. The smallest absolute Gasteiger partial charge is 0.276 e. The first kappa shape index (κ1) is 19.7. The van der Waals surface area contributed by atoms with Gasteiger partial charge in [-0.1, -0.05) is 41.4 Å². The molecule has 0 unspecified atom stereocenters. The van der Waals surface area contributed by atoms with E-state index in [-0.39, 0.29) is 29.1 Å². The highest BCUT2D eigenvalue weighted by atomic mass is 35.5. The molecule has 8 heteroatoms. The summed E-state index contributed by atoms with van der Waals surface area (Å²) in [5.41, 5.74) is 3.57. The summed E-state index contributed by atoms with van der Waals surface area (Å²) < 4.78 is 25.7. The van der Waals surface area contributed by atoms with Crippen LogP contribution < -0.4 is 5.32 Å². The van der Waals surface area contributed by atoms with Gasteiger partial charge in [0.1, 0.15) is 0 Å². The van der Waals surface area contributed by atoms with Crippen LogP contribution in [0.1, 0.15) is 28.5 Å². The number of aromatic nitrogens is 2. The number of hydrogen-bond acceptors (Lipinski definition) is 4. The van der Waals surface area contributed by atoms with Crippen LogP contribution in [-0.2, 0) is 9.84 Å². The molecule has 4 rings (SSSR count).